The zero-order chi connectivity index (χ0) is 15.2. The molecule has 5 heteroatoms. The van der Waals surface area contributed by atoms with Crippen LogP contribution in [0.1, 0.15) is 51.9 Å². The van der Waals surface area contributed by atoms with Crippen LogP contribution in [-0.2, 0) is 4.79 Å². The van der Waals surface area contributed by atoms with Crippen LogP contribution in [0.15, 0.2) is 11.6 Å². The lowest BCUT2D eigenvalue weighted by atomic mass is 9.92. The number of rotatable bonds is 4. The Morgan fingerprint density at radius 3 is 2.86 bits per heavy atom. The summed E-state index contributed by atoms with van der Waals surface area (Å²) in [5, 5.41) is 12.0. The quantitative estimate of drug-likeness (QED) is 0.783. The number of nitrogens with one attached hydrogen (secondary N) is 1. The predicted molar refractivity (Wildman–Crippen MR) is 81.1 cm³/mol. The number of carbonyl (C=O) groups is 2. The summed E-state index contributed by atoms with van der Waals surface area (Å²) in [7, 11) is 0. The Morgan fingerprint density at radius 2 is 2.24 bits per heavy atom. The Balaban J connectivity index is 1.73. The van der Waals surface area contributed by atoms with Gasteiger partial charge >= 0.3 is 12.0 Å². The van der Waals surface area contributed by atoms with E-state index in [9.17, 15) is 9.59 Å². The number of aliphatic carboxylic acids is 1. The number of allylic oxidation sites excluding steroid dienone is 1. The molecule has 1 aliphatic heterocycles. The molecule has 2 aliphatic rings. The molecule has 2 atom stereocenters. The normalized spacial score (nSPS) is 26.1. The van der Waals surface area contributed by atoms with E-state index in [0.29, 0.717) is 25.9 Å². The van der Waals surface area contributed by atoms with Gasteiger partial charge in [-0.05, 0) is 51.9 Å². The van der Waals surface area contributed by atoms with Crippen LogP contribution in [0.3, 0.4) is 0 Å². The fourth-order valence-electron chi connectivity index (χ4n) is 3.26. The largest absolute Gasteiger partial charge is 0.481 e. The van der Waals surface area contributed by atoms with Crippen molar-refractivity contribution >= 4 is 12.0 Å². The van der Waals surface area contributed by atoms with Gasteiger partial charge < -0.3 is 15.3 Å². The van der Waals surface area contributed by atoms with E-state index >= 15 is 0 Å². The molecule has 0 aromatic heterocycles. The first-order valence-electron chi connectivity index (χ1n) is 8.03. The maximum atomic E-state index is 12.2. The first-order valence-corrected chi connectivity index (χ1v) is 8.03. The molecule has 2 rings (SSSR count). The third-order valence-electron chi connectivity index (χ3n) is 4.59. The Morgan fingerprint density at radius 1 is 1.43 bits per heavy atom. The van der Waals surface area contributed by atoms with Crippen LogP contribution in [0, 0.1) is 5.92 Å². The van der Waals surface area contributed by atoms with Crippen LogP contribution in [0.25, 0.3) is 0 Å². The number of likely N-dealkylation sites (tertiary alicyclic amines) is 1. The average Bonchev–Trinajstić information content (AvgIpc) is 2.48. The van der Waals surface area contributed by atoms with Crippen LogP contribution in [0.4, 0.5) is 4.79 Å². The topological polar surface area (TPSA) is 69.6 Å². The van der Waals surface area contributed by atoms with E-state index in [4.69, 9.17) is 5.11 Å². The molecule has 2 amide bonds. The highest BCUT2D eigenvalue weighted by Gasteiger charge is 2.31. The SMILES string of the molecule is CC1CC(C(=O)O)CCN1C(=O)NCCC1=CCCCC1. The van der Waals surface area contributed by atoms with E-state index in [1.165, 1.54) is 24.8 Å². The summed E-state index contributed by atoms with van der Waals surface area (Å²) in [6.45, 7) is 3.14. The number of nitrogens with zero attached hydrogens (tertiary/aromatic N) is 1. The maximum Gasteiger partial charge on any atom is 0.317 e. The van der Waals surface area contributed by atoms with Crippen LogP contribution in [0.5, 0.6) is 0 Å². The van der Waals surface area contributed by atoms with Crippen LogP contribution in [-0.4, -0.2) is 41.1 Å². The molecule has 118 valence electrons. The standard InChI is InChI=1S/C16H26N2O3/c1-12-11-14(15(19)20)8-10-18(12)16(21)17-9-7-13-5-3-2-4-6-13/h5,12,14H,2-4,6-11H2,1H3,(H,17,21)(H,19,20). The highest BCUT2D eigenvalue weighted by atomic mass is 16.4. The van der Waals surface area contributed by atoms with Gasteiger partial charge in [-0.15, -0.1) is 0 Å². The fourth-order valence-corrected chi connectivity index (χ4v) is 3.26. The minimum absolute atomic E-state index is 0.00579. The van der Waals surface area contributed by atoms with Gasteiger partial charge in [-0.25, -0.2) is 4.79 Å². The Bertz CT molecular complexity index is 420. The fraction of sp³-hybridized carbons (Fsp3) is 0.750. The van der Waals surface area contributed by atoms with Crippen molar-refractivity contribution in [2.45, 2.75) is 57.9 Å². The van der Waals surface area contributed by atoms with E-state index in [1.54, 1.807) is 4.90 Å². The molecule has 21 heavy (non-hydrogen) atoms. The summed E-state index contributed by atoms with van der Waals surface area (Å²) in [5.41, 5.74) is 1.46. The second-order valence-corrected chi connectivity index (χ2v) is 6.19. The van der Waals surface area contributed by atoms with Crippen molar-refractivity contribution in [1.29, 1.82) is 0 Å². The van der Waals surface area contributed by atoms with Gasteiger partial charge in [0.15, 0.2) is 0 Å². The van der Waals surface area contributed by atoms with Gasteiger partial charge in [0.1, 0.15) is 0 Å². The number of amides is 2. The number of carbonyl (C=O) groups excluding carboxylic acids is 1. The molecule has 0 aromatic carbocycles. The van der Waals surface area contributed by atoms with Crippen LogP contribution >= 0.6 is 0 Å². The molecular weight excluding hydrogens is 268 g/mol. The molecular formula is C16H26N2O3. The Hall–Kier alpha value is -1.52. The monoisotopic (exact) mass is 294 g/mol. The second kappa shape index (κ2) is 7.48. The minimum atomic E-state index is -0.744. The number of piperidine rings is 1. The number of hydrogen-bond donors (Lipinski definition) is 2. The van der Waals surface area contributed by atoms with Crippen molar-refractivity contribution in [3.8, 4) is 0 Å². The summed E-state index contributed by atoms with van der Waals surface area (Å²) in [5.74, 6) is -1.05. The predicted octanol–water partition coefficient (Wildman–Crippen LogP) is 2.77. The molecule has 1 aliphatic carbocycles. The van der Waals surface area contributed by atoms with Crippen molar-refractivity contribution < 1.29 is 14.7 Å². The lowest BCUT2D eigenvalue weighted by molar-refractivity contribution is -0.143. The molecule has 1 heterocycles. The highest BCUT2D eigenvalue weighted by Crippen LogP contribution is 2.23. The highest BCUT2D eigenvalue weighted by molar-refractivity contribution is 5.75. The maximum absolute atomic E-state index is 12.2. The third kappa shape index (κ3) is 4.48. The minimum Gasteiger partial charge on any atom is -0.481 e. The average molecular weight is 294 g/mol. The summed E-state index contributed by atoms with van der Waals surface area (Å²) >= 11 is 0. The zero-order valence-corrected chi connectivity index (χ0v) is 12.8. The van der Waals surface area contributed by atoms with E-state index < -0.39 is 5.97 Å². The molecule has 2 N–H and O–H groups in total. The van der Waals surface area contributed by atoms with Crippen molar-refractivity contribution in [3.05, 3.63) is 11.6 Å². The van der Waals surface area contributed by atoms with Gasteiger partial charge in [0.25, 0.3) is 0 Å². The first-order chi connectivity index (χ1) is 10.1. The first kappa shape index (κ1) is 15.9. The van der Waals surface area contributed by atoms with Crippen molar-refractivity contribution in [1.82, 2.24) is 10.2 Å². The van der Waals surface area contributed by atoms with Gasteiger partial charge in [-0.2, -0.15) is 0 Å². The summed E-state index contributed by atoms with van der Waals surface area (Å²) in [6, 6.07) is -0.0588. The molecule has 0 spiro atoms. The molecule has 1 saturated heterocycles. The van der Waals surface area contributed by atoms with E-state index in [0.717, 1.165) is 12.8 Å². The number of carboxylic acids is 1. The van der Waals surface area contributed by atoms with Crippen LogP contribution < -0.4 is 5.32 Å². The number of carboxylic acid groups (broad SMARTS) is 1. The third-order valence-corrected chi connectivity index (χ3v) is 4.59. The summed E-state index contributed by atoms with van der Waals surface area (Å²) in [4.78, 5) is 24.9. The van der Waals surface area contributed by atoms with Gasteiger partial charge in [-0.1, -0.05) is 11.6 Å². The zero-order valence-electron chi connectivity index (χ0n) is 12.8. The molecule has 1 fully saturated rings. The molecule has 2 unspecified atom stereocenters. The summed E-state index contributed by atoms with van der Waals surface area (Å²) < 4.78 is 0. The summed E-state index contributed by atoms with van der Waals surface area (Å²) in [6.07, 6.45) is 9.22. The van der Waals surface area contributed by atoms with E-state index in [-0.39, 0.29) is 18.0 Å². The molecule has 0 radical (unpaired) electrons. The van der Waals surface area contributed by atoms with Gasteiger partial charge in [0, 0.05) is 19.1 Å². The second-order valence-electron chi connectivity index (χ2n) is 6.19. The Labute approximate surface area is 126 Å². The number of urea groups is 1. The lowest BCUT2D eigenvalue weighted by Gasteiger charge is -2.36. The van der Waals surface area contributed by atoms with Crippen molar-refractivity contribution in [2.24, 2.45) is 5.92 Å². The smallest absolute Gasteiger partial charge is 0.317 e. The van der Waals surface area contributed by atoms with Gasteiger partial charge in [0.2, 0.25) is 0 Å². The molecule has 0 saturated carbocycles. The molecule has 0 bridgehead atoms. The van der Waals surface area contributed by atoms with Crippen LogP contribution in [0.2, 0.25) is 0 Å². The van der Waals surface area contributed by atoms with Gasteiger partial charge in [0.05, 0.1) is 5.92 Å². The number of hydrogen-bond acceptors (Lipinski definition) is 2. The van der Waals surface area contributed by atoms with Gasteiger partial charge in [-0.3, -0.25) is 4.79 Å². The van der Waals surface area contributed by atoms with E-state index in [2.05, 4.69) is 11.4 Å². The Kier molecular flexibility index (Phi) is 5.65. The lowest BCUT2D eigenvalue weighted by Crippen LogP contribution is -2.50. The van der Waals surface area contributed by atoms with Crippen molar-refractivity contribution in [3.63, 3.8) is 0 Å². The molecule has 0 aromatic rings. The molecule has 5 nitrogen and oxygen atoms in total. The van der Waals surface area contributed by atoms with E-state index in [1.807, 2.05) is 6.92 Å². The van der Waals surface area contributed by atoms with Crippen molar-refractivity contribution in [2.75, 3.05) is 13.1 Å².